The van der Waals surface area contributed by atoms with Crippen LogP contribution < -0.4 is 10.1 Å². The van der Waals surface area contributed by atoms with Crippen molar-refractivity contribution in [1.29, 1.82) is 0 Å². The highest BCUT2D eigenvalue weighted by Crippen LogP contribution is 2.25. The maximum Gasteiger partial charge on any atom is 0.124 e. The first-order valence-corrected chi connectivity index (χ1v) is 8.57. The molecule has 0 spiro atoms. The van der Waals surface area contributed by atoms with Gasteiger partial charge in [-0.3, -0.25) is 0 Å². The van der Waals surface area contributed by atoms with Crippen molar-refractivity contribution in [2.45, 2.75) is 40.2 Å². The molecule has 2 heteroatoms. The summed E-state index contributed by atoms with van der Waals surface area (Å²) in [6.07, 6.45) is 1.05. The summed E-state index contributed by atoms with van der Waals surface area (Å²) in [5.74, 6) is 1.53. The summed E-state index contributed by atoms with van der Waals surface area (Å²) in [6.45, 7) is 10.4. The molecule has 2 aromatic rings. The Morgan fingerprint density at radius 3 is 2.39 bits per heavy atom. The SMILES string of the molecule is Cc1ccccc1CCNC(C)c1ccccc1OCC(C)C. The van der Waals surface area contributed by atoms with E-state index in [1.807, 2.05) is 6.07 Å². The van der Waals surface area contributed by atoms with E-state index in [-0.39, 0.29) is 6.04 Å². The first-order chi connectivity index (χ1) is 11.1. The van der Waals surface area contributed by atoms with Crippen LogP contribution in [0.3, 0.4) is 0 Å². The van der Waals surface area contributed by atoms with Crippen LogP contribution in [0.25, 0.3) is 0 Å². The Hall–Kier alpha value is -1.80. The molecule has 23 heavy (non-hydrogen) atoms. The molecule has 0 saturated carbocycles. The lowest BCUT2D eigenvalue weighted by Gasteiger charge is -2.19. The van der Waals surface area contributed by atoms with E-state index in [1.165, 1.54) is 16.7 Å². The standard InChI is InChI=1S/C21H29NO/c1-16(2)15-23-21-12-8-7-11-20(21)18(4)22-14-13-19-10-6-5-9-17(19)3/h5-12,16,18,22H,13-15H2,1-4H3. The maximum absolute atomic E-state index is 5.96. The molecule has 2 aromatic carbocycles. The monoisotopic (exact) mass is 311 g/mol. The Morgan fingerprint density at radius 2 is 1.65 bits per heavy atom. The second-order valence-electron chi connectivity index (χ2n) is 6.59. The van der Waals surface area contributed by atoms with E-state index in [9.17, 15) is 0 Å². The van der Waals surface area contributed by atoms with Gasteiger partial charge in [0, 0.05) is 11.6 Å². The Kier molecular flexibility index (Phi) is 6.66. The van der Waals surface area contributed by atoms with Gasteiger partial charge in [-0.1, -0.05) is 56.3 Å². The van der Waals surface area contributed by atoms with Crippen molar-refractivity contribution in [2.24, 2.45) is 5.92 Å². The normalized spacial score (nSPS) is 12.4. The fourth-order valence-corrected chi connectivity index (χ4v) is 2.65. The second-order valence-corrected chi connectivity index (χ2v) is 6.59. The van der Waals surface area contributed by atoms with Crippen LogP contribution in [0, 0.1) is 12.8 Å². The summed E-state index contributed by atoms with van der Waals surface area (Å²) in [4.78, 5) is 0. The highest BCUT2D eigenvalue weighted by atomic mass is 16.5. The van der Waals surface area contributed by atoms with Gasteiger partial charge in [-0.05, 0) is 49.9 Å². The van der Waals surface area contributed by atoms with Crippen LogP contribution in [-0.4, -0.2) is 13.2 Å². The molecule has 0 radical (unpaired) electrons. The van der Waals surface area contributed by atoms with Gasteiger partial charge >= 0.3 is 0 Å². The van der Waals surface area contributed by atoms with Crippen LogP contribution in [0.1, 0.15) is 43.5 Å². The summed E-state index contributed by atoms with van der Waals surface area (Å²) in [6, 6.07) is 17.2. The van der Waals surface area contributed by atoms with Crippen molar-refractivity contribution < 1.29 is 4.74 Å². The summed E-state index contributed by atoms with van der Waals surface area (Å²) >= 11 is 0. The van der Waals surface area contributed by atoms with Crippen LogP contribution in [0.5, 0.6) is 5.75 Å². The lowest BCUT2D eigenvalue weighted by molar-refractivity contribution is 0.266. The molecule has 124 valence electrons. The largest absolute Gasteiger partial charge is 0.493 e. The van der Waals surface area contributed by atoms with Crippen molar-refractivity contribution in [1.82, 2.24) is 5.32 Å². The average molecular weight is 311 g/mol. The summed E-state index contributed by atoms with van der Waals surface area (Å²) in [5, 5.41) is 3.62. The number of benzene rings is 2. The summed E-state index contributed by atoms with van der Waals surface area (Å²) in [5.41, 5.74) is 4.01. The number of hydrogen-bond acceptors (Lipinski definition) is 2. The molecule has 0 bridgehead atoms. The molecule has 2 rings (SSSR count). The number of nitrogens with one attached hydrogen (secondary N) is 1. The zero-order valence-corrected chi connectivity index (χ0v) is 14.8. The molecule has 1 unspecified atom stereocenters. The van der Waals surface area contributed by atoms with E-state index >= 15 is 0 Å². The van der Waals surface area contributed by atoms with Crippen LogP contribution >= 0.6 is 0 Å². The van der Waals surface area contributed by atoms with Crippen molar-refractivity contribution in [3.8, 4) is 5.75 Å². The number of rotatable bonds is 8. The molecule has 0 heterocycles. The van der Waals surface area contributed by atoms with Gasteiger partial charge in [0.15, 0.2) is 0 Å². The first kappa shape index (κ1) is 17.6. The molecular formula is C21H29NO. The van der Waals surface area contributed by atoms with Gasteiger partial charge in [0.25, 0.3) is 0 Å². The molecule has 0 aliphatic carbocycles. The number of ether oxygens (including phenoxy) is 1. The smallest absolute Gasteiger partial charge is 0.124 e. The van der Waals surface area contributed by atoms with Crippen LogP contribution in [-0.2, 0) is 6.42 Å². The molecule has 0 aliphatic heterocycles. The molecule has 0 amide bonds. The Bertz CT molecular complexity index is 606. The molecule has 0 saturated heterocycles. The lowest BCUT2D eigenvalue weighted by atomic mass is 10.0. The highest BCUT2D eigenvalue weighted by molar-refractivity contribution is 5.35. The third kappa shape index (κ3) is 5.40. The Balaban J connectivity index is 1.93. The van der Waals surface area contributed by atoms with Crippen molar-refractivity contribution in [3.05, 3.63) is 65.2 Å². The van der Waals surface area contributed by atoms with E-state index in [0.717, 1.165) is 25.3 Å². The zero-order valence-electron chi connectivity index (χ0n) is 14.8. The van der Waals surface area contributed by atoms with Gasteiger partial charge in [-0.25, -0.2) is 0 Å². The van der Waals surface area contributed by atoms with Crippen LogP contribution in [0.2, 0.25) is 0 Å². The van der Waals surface area contributed by atoms with Gasteiger partial charge in [0.2, 0.25) is 0 Å². The quantitative estimate of drug-likeness (QED) is 0.747. The fraction of sp³-hybridized carbons (Fsp3) is 0.429. The lowest BCUT2D eigenvalue weighted by Crippen LogP contribution is -2.22. The fourth-order valence-electron chi connectivity index (χ4n) is 2.65. The minimum Gasteiger partial charge on any atom is -0.493 e. The number of hydrogen-bond donors (Lipinski definition) is 1. The molecule has 0 aromatic heterocycles. The van der Waals surface area contributed by atoms with Crippen molar-refractivity contribution in [3.63, 3.8) is 0 Å². The topological polar surface area (TPSA) is 21.3 Å². The average Bonchev–Trinajstić information content (AvgIpc) is 2.55. The van der Waals surface area contributed by atoms with Gasteiger partial charge in [-0.2, -0.15) is 0 Å². The molecule has 1 N–H and O–H groups in total. The van der Waals surface area contributed by atoms with Crippen molar-refractivity contribution >= 4 is 0 Å². The molecular weight excluding hydrogens is 282 g/mol. The highest BCUT2D eigenvalue weighted by Gasteiger charge is 2.11. The number of aryl methyl sites for hydroxylation is 1. The Morgan fingerprint density at radius 1 is 0.957 bits per heavy atom. The first-order valence-electron chi connectivity index (χ1n) is 8.57. The minimum atomic E-state index is 0.280. The molecule has 0 aliphatic rings. The van der Waals surface area contributed by atoms with Gasteiger partial charge in [0.05, 0.1) is 6.61 Å². The maximum atomic E-state index is 5.96. The minimum absolute atomic E-state index is 0.280. The Labute approximate surface area is 140 Å². The van der Waals surface area contributed by atoms with Crippen LogP contribution in [0.4, 0.5) is 0 Å². The predicted molar refractivity (Wildman–Crippen MR) is 98.1 cm³/mol. The zero-order chi connectivity index (χ0) is 16.7. The van der Waals surface area contributed by atoms with E-state index < -0.39 is 0 Å². The van der Waals surface area contributed by atoms with E-state index in [4.69, 9.17) is 4.74 Å². The van der Waals surface area contributed by atoms with E-state index in [2.05, 4.69) is 75.5 Å². The van der Waals surface area contributed by atoms with E-state index in [0.29, 0.717) is 5.92 Å². The molecule has 2 nitrogen and oxygen atoms in total. The van der Waals surface area contributed by atoms with Gasteiger partial charge in [0.1, 0.15) is 5.75 Å². The second kappa shape index (κ2) is 8.73. The van der Waals surface area contributed by atoms with E-state index in [1.54, 1.807) is 0 Å². The molecule has 0 fully saturated rings. The van der Waals surface area contributed by atoms with Crippen LogP contribution in [0.15, 0.2) is 48.5 Å². The third-order valence-electron chi connectivity index (χ3n) is 4.06. The van der Waals surface area contributed by atoms with Gasteiger partial charge < -0.3 is 10.1 Å². The van der Waals surface area contributed by atoms with Crippen molar-refractivity contribution in [2.75, 3.05) is 13.2 Å². The summed E-state index contributed by atoms with van der Waals surface area (Å²) in [7, 11) is 0. The van der Waals surface area contributed by atoms with Gasteiger partial charge in [-0.15, -0.1) is 0 Å². The number of para-hydroxylation sites is 1. The summed E-state index contributed by atoms with van der Waals surface area (Å²) < 4.78 is 5.96. The predicted octanol–water partition coefficient (Wildman–Crippen LogP) is 4.92. The third-order valence-corrected chi connectivity index (χ3v) is 4.06. The molecule has 1 atom stereocenters.